The molecule has 1 aromatic heterocycles. The topological polar surface area (TPSA) is 82.7 Å². The number of halogens is 1. The van der Waals surface area contributed by atoms with E-state index in [4.69, 9.17) is 4.52 Å². The number of aliphatic hydroxyl groups excluding tert-OH is 1. The molecule has 6 nitrogen and oxygen atoms in total. The van der Waals surface area contributed by atoms with Crippen LogP contribution in [0.3, 0.4) is 0 Å². The molecule has 25 heavy (non-hydrogen) atoms. The van der Waals surface area contributed by atoms with Crippen molar-refractivity contribution >= 4 is 29.9 Å². The summed E-state index contributed by atoms with van der Waals surface area (Å²) in [4.78, 5) is 4.57. The molecule has 1 aromatic carbocycles. The minimum absolute atomic E-state index is 0. The van der Waals surface area contributed by atoms with Crippen molar-refractivity contribution in [3.63, 3.8) is 0 Å². The molecule has 0 saturated heterocycles. The first-order valence-corrected chi connectivity index (χ1v) is 8.29. The van der Waals surface area contributed by atoms with E-state index >= 15 is 0 Å². The highest BCUT2D eigenvalue weighted by Crippen LogP contribution is 2.14. The van der Waals surface area contributed by atoms with E-state index in [1.807, 2.05) is 37.3 Å². The van der Waals surface area contributed by atoms with Crippen molar-refractivity contribution in [2.75, 3.05) is 6.54 Å². The van der Waals surface area contributed by atoms with Crippen molar-refractivity contribution in [1.82, 2.24) is 15.8 Å². The molecule has 7 heteroatoms. The SMILES string of the molecule is CCNC(=NCc1ccccc1CO)NCc1cc(C(C)C)no1.I. The first kappa shape index (κ1) is 21.4. The van der Waals surface area contributed by atoms with Crippen molar-refractivity contribution in [1.29, 1.82) is 0 Å². The molecule has 0 fully saturated rings. The molecular formula is C18H27IN4O2. The lowest BCUT2D eigenvalue weighted by Crippen LogP contribution is -2.36. The van der Waals surface area contributed by atoms with Crippen molar-refractivity contribution in [3.8, 4) is 0 Å². The zero-order chi connectivity index (χ0) is 17.4. The summed E-state index contributed by atoms with van der Waals surface area (Å²) in [5.74, 6) is 1.83. The van der Waals surface area contributed by atoms with E-state index in [-0.39, 0.29) is 30.6 Å². The molecule has 0 aliphatic carbocycles. The van der Waals surface area contributed by atoms with Gasteiger partial charge in [0.1, 0.15) is 0 Å². The summed E-state index contributed by atoms with van der Waals surface area (Å²) in [6.45, 7) is 7.99. The van der Waals surface area contributed by atoms with Crippen molar-refractivity contribution < 1.29 is 9.63 Å². The minimum Gasteiger partial charge on any atom is -0.392 e. The fourth-order valence-corrected chi connectivity index (χ4v) is 2.23. The molecular weight excluding hydrogens is 431 g/mol. The molecule has 0 spiro atoms. The lowest BCUT2D eigenvalue weighted by atomic mass is 10.1. The normalized spacial score (nSPS) is 11.3. The number of benzene rings is 1. The van der Waals surface area contributed by atoms with Gasteiger partial charge in [0, 0.05) is 12.6 Å². The fraction of sp³-hybridized carbons (Fsp3) is 0.444. The van der Waals surface area contributed by atoms with Crippen LogP contribution in [0.15, 0.2) is 39.8 Å². The van der Waals surface area contributed by atoms with Crippen LogP contribution in [0.2, 0.25) is 0 Å². The van der Waals surface area contributed by atoms with Crippen LogP contribution in [0.4, 0.5) is 0 Å². The zero-order valence-corrected chi connectivity index (χ0v) is 17.3. The Morgan fingerprint density at radius 2 is 1.96 bits per heavy atom. The average molecular weight is 458 g/mol. The van der Waals surface area contributed by atoms with Gasteiger partial charge in [-0.15, -0.1) is 24.0 Å². The van der Waals surface area contributed by atoms with Gasteiger partial charge in [0.2, 0.25) is 0 Å². The minimum atomic E-state index is 0. The number of aliphatic hydroxyl groups is 1. The van der Waals surface area contributed by atoms with Gasteiger partial charge in [-0.2, -0.15) is 0 Å². The summed E-state index contributed by atoms with van der Waals surface area (Å²) in [5.41, 5.74) is 2.86. The summed E-state index contributed by atoms with van der Waals surface area (Å²) in [6.07, 6.45) is 0. The van der Waals surface area contributed by atoms with E-state index in [1.54, 1.807) is 0 Å². The second-order valence-electron chi connectivity index (χ2n) is 5.85. The molecule has 0 aliphatic rings. The maximum Gasteiger partial charge on any atom is 0.191 e. The van der Waals surface area contributed by atoms with E-state index in [2.05, 4.69) is 34.6 Å². The predicted octanol–water partition coefficient (Wildman–Crippen LogP) is 3.16. The number of nitrogens with one attached hydrogen (secondary N) is 2. The Hall–Kier alpha value is -1.61. The van der Waals surface area contributed by atoms with Crippen LogP contribution in [0.1, 0.15) is 49.3 Å². The summed E-state index contributed by atoms with van der Waals surface area (Å²) in [7, 11) is 0. The Morgan fingerprint density at radius 3 is 2.56 bits per heavy atom. The molecule has 0 unspecified atom stereocenters. The number of aromatic nitrogens is 1. The van der Waals surface area contributed by atoms with Crippen LogP contribution in [0.25, 0.3) is 0 Å². The number of guanidine groups is 1. The Labute approximate surface area is 166 Å². The third-order valence-corrected chi connectivity index (χ3v) is 3.64. The maximum absolute atomic E-state index is 9.39. The van der Waals surface area contributed by atoms with Gasteiger partial charge in [0.15, 0.2) is 11.7 Å². The van der Waals surface area contributed by atoms with Gasteiger partial charge in [-0.3, -0.25) is 0 Å². The number of hydrogen-bond donors (Lipinski definition) is 3. The fourth-order valence-electron chi connectivity index (χ4n) is 2.23. The summed E-state index contributed by atoms with van der Waals surface area (Å²) in [5, 5.41) is 19.9. The lowest BCUT2D eigenvalue weighted by Gasteiger charge is -2.11. The third-order valence-electron chi connectivity index (χ3n) is 3.64. The van der Waals surface area contributed by atoms with E-state index in [9.17, 15) is 5.11 Å². The van der Waals surface area contributed by atoms with Gasteiger partial charge in [0.05, 0.1) is 25.4 Å². The maximum atomic E-state index is 9.39. The lowest BCUT2D eigenvalue weighted by molar-refractivity contribution is 0.280. The molecule has 0 radical (unpaired) electrons. The highest BCUT2D eigenvalue weighted by atomic mass is 127. The van der Waals surface area contributed by atoms with Crippen molar-refractivity contribution in [2.45, 2.75) is 46.4 Å². The average Bonchev–Trinajstić information content (AvgIpc) is 3.07. The first-order chi connectivity index (χ1) is 11.6. The molecule has 0 amide bonds. The molecule has 0 atom stereocenters. The van der Waals surface area contributed by atoms with Gasteiger partial charge in [-0.25, -0.2) is 4.99 Å². The Morgan fingerprint density at radius 1 is 1.24 bits per heavy atom. The molecule has 0 saturated carbocycles. The van der Waals surface area contributed by atoms with Gasteiger partial charge in [0.25, 0.3) is 0 Å². The first-order valence-electron chi connectivity index (χ1n) is 8.29. The van der Waals surface area contributed by atoms with Gasteiger partial charge in [-0.1, -0.05) is 43.3 Å². The Balaban J connectivity index is 0.00000312. The van der Waals surface area contributed by atoms with E-state index in [0.717, 1.165) is 29.1 Å². The quantitative estimate of drug-likeness (QED) is 0.338. The Bertz CT molecular complexity index is 671. The molecule has 2 rings (SSSR count). The third kappa shape index (κ3) is 6.66. The van der Waals surface area contributed by atoms with Crippen molar-refractivity contribution in [2.24, 2.45) is 4.99 Å². The predicted molar refractivity (Wildman–Crippen MR) is 110 cm³/mol. The highest BCUT2D eigenvalue weighted by molar-refractivity contribution is 14.0. The number of hydrogen-bond acceptors (Lipinski definition) is 4. The smallest absolute Gasteiger partial charge is 0.191 e. The van der Waals surface area contributed by atoms with E-state index < -0.39 is 0 Å². The summed E-state index contributed by atoms with van der Waals surface area (Å²) in [6, 6.07) is 9.71. The van der Waals surface area contributed by atoms with Crippen LogP contribution in [-0.4, -0.2) is 22.8 Å². The molecule has 0 aliphatic heterocycles. The molecule has 2 aromatic rings. The Kier molecular flexibility index (Phi) is 9.51. The molecule has 0 bridgehead atoms. The second-order valence-corrected chi connectivity index (χ2v) is 5.85. The van der Waals surface area contributed by atoms with E-state index in [0.29, 0.717) is 25.0 Å². The van der Waals surface area contributed by atoms with Crippen LogP contribution < -0.4 is 10.6 Å². The molecule has 3 N–H and O–H groups in total. The number of rotatable bonds is 7. The van der Waals surface area contributed by atoms with Crippen LogP contribution >= 0.6 is 24.0 Å². The number of nitrogens with zero attached hydrogens (tertiary/aromatic N) is 2. The molecule has 138 valence electrons. The second kappa shape index (κ2) is 11.1. The van der Waals surface area contributed by atoms with Gasteiger partial charge >= 0.3 is 0 Å². The van der Waals surface area contributed by atoms with Crippen LogP contribution in [-0.2, 0) is 19.7 Å². The summed E-state index contributed by atoms with van der Waals surface area (Å²) < 4.78 is 5.33. The van der Waals surface area contributed by atoms with Crippen molar-refractivity contribution in [3.05, 3.63) is 52.9 Å². The zero-order valence-electron chi connectivity index (χ0n) is 15.0. The van der Waals surface area contributed by atoms with Gasteiger partial charge in [-0.05, 0) is 24.0 Å². The van der Waals surface area contributed by atoms with Gasteiger partial charge < -0.3 is 20.3 Å². The van der Waals surface area contributed by atoms with Crippen LogP contribution in [0.5, 0.6) is 0 Å². The summed E-state index contributed by atoms with van der Waals surface area (Å²) >= 11 is 0. The van der Waals surface area contributed by atoms with Crippen LogP contribution in [0, 0.1) is 0 Å². The highest BCUT2D eigenvalue weighted by Gasteiger charge is 2.08. The van der Waals surface area contributed by atoms with E-state index in [1.165, 1.54) is 0 Å². The standard InChI is InChI=1S/C18H26N4O2.HI/c1-4-19-18(20-10-14-7-5-6-8-15(14)12-23)21-11-16-9-17(13(2)3)22-24-16;/h5-9,13,23H,4,10-12H2,1-3H3,(H2,19,20,21);1H. The molecule has 1 heterocycles. The monoisotopic (exact) mass is 458 g/mol. The number of aliphatic imine (C=N–C) groups is 1. The largest absolute Gasteiger partial charge is 0.392 e.